The summed E-state index contributed by atoms with van der Waals surface area (Å²) in [7, 11) is 0. The second-order valence-electron chi connectivity index (χ2n) is 3.30. The molecular weight excluding hydrogens is 268 g/mol. The second-order valence-corrected chi connectivity index (χ2v) is 4.50. The van der Waals surface area contributed by atoms with Crippen molar-refractivity contribution in [1.82, 2.24) is 14.8 Å². The highest BCUT2D eigenvalue weighted by atomic mass is 35.5. The highest BCUT2D eigenvalue weighted by Gasteiger charge is 2.08. The molecule has 0 aliphatic rings. The molecule has 3 nitrogen and oxygen atoms in total. The lowest BCUT2D eigenvalue weighted by atomic mass is 10.3. The molecule has 0 radical (unpaired) electrons. The second kappa shape index (κ2) is 4.62. The monoisotopic (exact) mass is 275 g/mol. The van der Waals surface area contributed by atoms with Crippen LogP contribution < -0.4 is 0 Å². The Kier molecular flexibility index (Phi) is 3.38. The largest absolute Gasteiger partial charge is 0.262 e. The van der Waals surface area contributed by atoms with Gasteiger partial charge in [-0.3, -0.25) is 4.68 Å². The minimum atomic E-state index is 0.412. The van der Waals surface area contributed by atoms with E-state index >= 15 is 0 Å². The molecule has 0 aromatic carbocycles. The molecule has 0 saturated carbocycles. The number of nitrogens with zero attached hydrogens (tertiary/aromatic N) is 3. The molecule has 0 bridgehead atoms. The fraction of sp³-hybridized carbons (Fsp3) is 0.200. The van der Waals surface area contributed by atoms with Gasteiger partial charge in [0.25, 0.3) is 0 Å². The number of rotatable bonds is 2. The number of pyridine rings is 1. The SMILES string of the molecule is Cc1c(Cl)cnn1Cc1nc(Cl)ccc1Cl. The third-order valence-corrected chi connectivity index (χ3v) is 3.15. The molecule has 0 fully saturated rings. The molecule has 0 N–H and O–H groups in total. The van der Waals surface area contributed by atoms with Gasteiger partial charge in [-0.2, -0.15) is 5.10 Å². The van der Waals surface area contributed by atoms with Crippen LogP contribution in [0.3, 0.4) is 0 Å². The van der Waals surface area contributed by atoms with E-state index in [1.807, 2.05) is 6.92 Å². The summed E-state index contributed by atoms with van der Waals surface area (Å²) in [5.41, 5.74) is 1.55. The molecule has 0 spiro atoms. The van der Waals surface area contributed by atoms with Crippen LogP contribution in [-0.4, -0.2) is 14.8 Å². The average molecular weight is 277 g/mol. The molecule has 0 atom stereocenters. The van der Waals surface area contributed by atoms with E-state index < -0.39 is 0 Å². The van der Waals surface area contributed by atoms with Crippen LogP contribution >= 0.6 is 34.8 Å². The third-order valence-electron chi connectivity index (χ3n) is 2.23. The number of hydrogen-bond acceptors (Lipinski definition) is 2. The smallest absolute Gasteiger partial charge is 0.129 e. The van der Waals surface area contributed by atoms with Gasteiger partial charge in [0.1, 0.15) is 5.15 Å². The van der Waals surface area contributed by atoms with Gasteiger partial charge in [0.15, 0.2) is 0 Å². The van der Waals surface area contributed by atoms with Crippen LogP contribution in [0.2, 0.25) is 15.2 Å². The normalized spacial score (nSPS) is 10.8. The summed E-state index contributed by atoms with van der Waals surface area (Å²) in [5, 5.41) is 5.73. The molecule has 2 aromatic rings. The van der Waals surface area contributed by atoms with Crippen LogP contribution in [0, 0.1) is 6.92 Å². The Morgan fingerprint density at radius 3 is 2.56 bits per heavy atom. The van der Waals surface area contributed by atoms with Gasteiger partial charge in [-0.15, -0.1) is 0 Å². The molecule has 0 saturated heterocycles. The molecule has 0 aliphatic carbocycles. The first-order valence-electron chi connectivity index (χ1n) is 4.57. The Bertz CT molecular complexity index is 522. The van der Waals surface area contributed by atoms with Crippen molar-refractivity contribution in [2.45, 2.75) is 13.5 Å². The van der Waals surface area contributed by atoms with E-state index in [-0.39, 0.29) is 0 Å². The van der Waals surface area contributed by atoms with Crippen molar-refractivity contribution < 1.29 is 0 Å². The van der Waals surface area contributed by atoms with Gasteiger partial charge < -0.3 is 0 Å². The van der Waals surface area contributed by atoms with E-state index in [9.17, 15) is 0 Å². The summed E-state index contributed by atoms with van der Waals surface area (Å²) < 4.78 is 1.73. The Morgan fingerprint density at radius 2 is 1.94 bits per heavy atom. The predicted molar refractivity (Wildman–Crippen MR) is 65.3 cm³/mol. The third kappa shape index (κ3) is 2.32. The van der Waals surface area contributed by atoms with E-state index in [1.165, 1.54) is 0 Å². The lowest BCUT2D eigenvalue weighted by molar-refractivity contribution is 0.653. The Morgan fingerprint density at radius 1 is 1.19 bits per heavy atom. The standard InChI is InChI=1S/C10H8Cl3N3/c1-6-8(12)4-14-16(6)5-9-7(11)2-3-10(13)15-9/h2-4H,5H2,1H3. The van der Waals surface area contributed by atoms with Crippen molar-refractivity contribution in [2.75, 3.05) is 0 Å². The van der Waals surface area contributed by atoms with E-state index in [1.54, 1.807) is 23.0 Å². The first-order chi connectivity index (χ1) is 7.58. The molecular formula is C10H8Cl3N3. The van der Waals surface area contributed by atoms with Crippen molar-refractivity contribution in [1.29, 1.82) is 0 Å². The van der Waals surface area contributed by atoms with Crippen molar-refractivity contribution >= 4 is 34.8 Å². The van der Waals surface area contributed by atoms with Crippen LogP contribution in [0.25, 0.3) is 0 Å². The summed E-state index contributed by atoms with van der Waals surface area (Å²) in [6.45, 7) is 2.34. The molecule has 0 aliphatic heterocycles. The first-order valence-corrected chi connectivity index (χ1v) is 5.70. The number of aromatic nitrogens is 3. The van der Waals surface area contributed by atoms with Crippen LogP contribution in [0.4, 0.5) is 0 Å². The summed E-state index contributed by atoms with van der Waals surface area (Å²) in [6.07, 6.45) is 1.59. The fourth-order valence-electron chi connectivity index (χ4n) is 1.29. The molecule has 2 heterocycles. The average Bonchev–Trinajstić information content (AvgIpc) is 2.55. The van der Waals surface area contributed by atoms with E-state index in [2.05, 4.69) is 10.1 Å². The van der Waals surface area contributed by atoms with Gasteiger partial charge in [0.2, 0.25) is 0 Å². The van der Waals surface area contributed by atoms with Gasteiger partial charge in [0, 0.05) is 0 Å². The van der Waals surface area contributed by atoms with Crippen LogP contribution in [0.15, 0.2) is 18.3 Å². The van der Waals surface area contributed by atoms with Gasteiger partial charge in [-0.25, -0.2) is 4.98 Å². The summed E-state index contributed by atoms with van der Waals surface area (Å²) in [5.74, 6) is 0. The first kappa shape index (κ1) is 11.7. The Labute approximate surface area is 108 Å². The Hall–Kier alpha value is -0.770. The molecule has 84 valence electrons. The molecule has 6 heteroatoms. The predicted octanol–water partition coefficient (Wildman–Crippen LogP) is 3.60. The molecule has 2 rings (SSSR count). The van der Waals surface area contributed by atoms with E-state index in [0.29, 0.717) is 27.4 Å². The van der Waals surface area contributed by atoms with Crippen molar-refractivity contribution in [3.63, 3.8) is 0 Å². The van der Waals surface area contributed by atoms with Crippen molar-refractivity contribution in [3.05, 3.63) is 44.9 Å². The minimum absolute atomic E-state index is 0.412. The van der Waals surface area contributed by atoms with Crippen LogP contribution in [0.1, 0.15) is 11.4 Å². The van der Waals surface area contributed by atoms with Gasteiger partial charge in [-0.05, 0) is 19.1 Å². The lowest BCUT2D eigenvalue weighted by Gasteiger charge is -2.06. The van der Waals surface area contributed by atoms with Gasteiger partial charge >= 0.3 is 0 Å². The van der Waals surface area contributed by atoms with Crippen LogP contribution in [-0.2, 0) is 6.54 Å². The summed E-state index contributed by atoms with van der Waals surface area (Å²) in [6, 6.07) is 3.36. The van der Waals surface area contributed by atoms with Crippen LogP contribution in [0.5, 0.6) is 0 Å². The maximum Gasteiger partial charge on any atom is 0.129 e. The minimum Gasteiger partial charge on any atom is -0.262 e. The van der Waals surface area contributed by atoms with Crippen molar-refractivity contribution in [3.8, 4) is 0 Å². The number of hydrogen-bond donors (Lipinski definition) is 0. The molecule has 0 unspecified atom stereocenters. The highest BCUT2D eigenvalue weighted by Crippen LogP contribution is 2.20. The van der Waals surface area contributed by atoms with Gasteiger partial charge in [-0.1, -0.05) is 34.8 Å². The summed E-state index contributed by atoms with van der Waals surface area (Å²) >= 11 is 17.7. The highest BCUT2D eigenvalue weighted by molar-refractivity contribution is 6.32. The zero-order valence-corrected chi connectivity index (χ0v) is 10.7. The van der Waals surface area contributed by atoms with E-state index in [4.69, 9.17) is 34.8 Å². The maximum absolute atomic E-state index is 6.01. The molecule has 2 aromatic heterocycles. The zero-order valence-electron chi connectivity index (χ0n) is 8.41. The lowest BCUT2D eigenvalue weighted by Crippen LogP contribution is -2.06. The fourth-order valence-corrected chi connectivity index (χ4v) is 1.76. The topological polar surface area (TPSA) is 30.7 Å². The molecule has 0 amide bonds. The number of halogens is 3. The zero-order chi connectivity index (χ0) is 11.7. The van der Waals surface area contributed by atoms with E-state index in [0.717, 1.165) is 5.69 Å². The summed E-state index contributed by atoms with van der Waals surface area (Å²) in [4.78, 5) is 4.15. The quantitative estimate of drug-likeness (QED) is 0.785. The van der Waals surface area contributed by atoms with Crippen molar-refractivity contribution in [2.24, 2.45) is 0 Å². The maximum atomic E-state index is 6.01. The molecule has 16 heavy (non-hydrogen) atoms. The Balaban J connectivity index is 2.33. The van der Waals surface area contributed by atoms with Gasteiger partial charge in [0.05, 0.1) is 34.2 Å².